The zero-order valence-corrected chi connectivity index (χ0v) is 23.0. The fraction of sp³-hybridized carbons (Fsp3) is 1.00. The molecular formula is C27H48O12. The number of aliphatic hydroxyl groups is 8. The zero-order chi connectivity index (χ0) is 28.6. The average Bonchev–Trinajstić information content (AvgIpc) is 3.25. The lowest BCUT2D eigenvalue weighted by molar-refractivity contribution is -0.307. The molecule has 4 aliphatic rings. The molecule has 0 aromatic rings. The summed E-state index contributed by atoms with van der Waals surface area (Å²) in [5, 5.41) is 80.2. The van der Waals surface area contributed by atoms with Gasteiger partial charge in [-0.05, 0) is 60.7 Å². The van der Waals surface area contributed by atoms with Crippen LogP contribution in [0.3, 0.4) is 0 Å². The molecule has 2 saturated heterocycles. The average molecular weight is 565 g/mol. The third-order valence-electron chi connectivity index (χ3n) is 10.2. The Kier molecular flexibility index (Phi) is 10.3. The summed E-state index contributed by atoms with van der Waals surface area (Å²) in [6, 6.07) is 0. The standard InChI is InChI=1S/C27H48O12/c1-12(2)14-6-7-27(3)13(10-36-25-23(34)21(32)19(30)17(8-28)38-25)4-5-16(27)15(14)11-37-26-24(35)22(33)20(31)18(9-29)39-26/h12-26,28-35H,4-11H2,1-3H3/t13-,14-,15-,16-,17+,18+,19-,20+,21+,22-,23+,24-,25-,26+,27-/m1/s1. The Balaban J connectivity index is 1.42. The van der Waals surface area contributed by atoms with Crippen LogP contribution in [0.2, 0.25) is 0 Å². The molecule has 2 aliphatic carbocycles. The zero-order valence-electron chi connectivity index (χ0n) is 23.0. The first-order valence-electron chi connectivity index (χ1n) is 14.3. The third-order valence-corrected chi connectivity index (χ3v) is 10.2. The van der Waals surface area contributed by atoms with E-state index in [9.17, 15) is 40.9 Å². The van der Waals surface area contributed by atoms with Gasteiger partial charge in [-0.2, -0.15) is 0 Å². The van der Waals surface area contributed by atoms with Crippen molar-refractivity contribution in [1.29, 1.82) is 0 Å². The number of rotatable bonds is 9. The Hall–Kier alpha value is -0.480. The van der Waals surface area contributed by atoms with Crippen LogP contribution in [0.25, 0.3) is 0 Å². The summed E-state index contributed by atoms with van der Waals surface area (Å²) in [6.45, 7) is 6.14. The second-order valence-corrected chi connectivity index (χ2v) is 12.6. The van der Waals surface area contributed by atoms with Crippen molar-refractivity contribution in [3.8, 4) is 0 Å². The van der Waals surface area contributed by atoms with Crippen molar-refractivity contribution in [1.82, 2.24) is 0 Å². The van der Waals surface area contributed by atoms with Crippen LogP contribution in [0, 0.1) is 35.0 Å². The van der Waals surface area contributed by atoms with Crippen LogP contribution in [-0.4, -0.2) is 129 Å². The molecule has 12 nitrogen and oxygen atoms in total. The first kappa shape index (κ1) is 31.5. The molecule has 0 amide bonds. The van der Waals surface area contributed by atoms with Crippen molar-refractivity contribution in [3.63, 3.8) is 0 Å². The number of aliphatic hydroxyl groups excluding tert-OH is 8. The van der Waals surface area contributed by atoms with E-state index in [-0.39, 0.29) is 36.4 Å². The minimum Gasteiger partial charge on any atom is -0.394 e. The van der Waals surface area contributed by atoms with E-state index < -0.39 is 74.6 Å². The van der Waals surface area contributed by atoms with Crippen molar-refractivity contribution in [3.05, 3.63) is 0 Å². The lowest BCUT2D eigenvalue weighted by atomic mass is 9.56. The number of hydrogen-bond donors (Lipinski definition) is 8. The normalized spacial score (nSPS) is 50.8. The second-order valence-electron chi connectivity index (χ2n) is 12.6. The van der Waals surface area contributed by atoms with Gasteiger partial charge in [0.25, 0.3) is 0 Å². The van der Waals surface area contributed by atoms with E-state index in [1.54, 1.807) is 0 Å². The summed E-state index contributed by atoms with van der Waals surface area (Å²) in [5.74, 6) is 1.29. The van der Waals surface area contributed by atoms with Crippen LogP contribution in [0.5, 0.6) is 0 Å². The molecular weight excluding hydrogens is 516 g/mol. The van der Waals surface area contributed by atoms with E-state index in [2.05, 4.69) is 20.8 Å². The van der Waals surface area contributed by atoms with Gasteiger partial charge in [-0.25, -0.2) is 0 Å². The molecule has 8 N–H and O–H groups in total. The minimum atomic E-state index is -1.49. The highest BCUT2D eigenvalue weighted by Crippen LogP contribution is 2.60. The van der Waals surface area contributed by atoms with E-state index in [1.807, 2.05) is 0 Å². The monoisotopic (exact) mass is 564 g/mol. The van der Waals surface area contributed by atoms with E-state index >= 15 is 0 Å². The van der Waals surface area contributed by atoms with Gasteiger partial charge in [-0.3, -0.25) is 0 Å². The van der Waals surface area contributed by atoms with Crippen molar-refractivity contribution < 1.29 is 59.8 Å². The molecule has 39 heavy (non-hydrogen) atoms. The SMILES string of the molecule is CC(C)[C@H]1CC[C@]2(C)[C@@H](CO[C@@H]3O[C@@H](CO)[C@@H](O)[C@H](O)[C@@H]3O)CC[C@@H]2[C@@H]1CO[C@H]1O[C@@H](CO)[C@H](O)[C@@H](O)[C@H]1O. The molecule has 0 spiro atoms. The van der Waals surface area contributed by atoms with Crippen LogP contribution in [0.15, 0.2) is 0 Å². The van der Waals surface area contributed by atoms with E-state index in [0.29, 0.717) is 11.8 Å². The van der Waals surface area contributed by atoms with Crippen molar-refractivity contribution in [2.75, 3.05) is 26.4 Å². The number of fused-ring (bicyclic) bond motifs is 1. The predicted octanol–water partition coefficient (Wildman–Crippen LogP) is -1.67. The molecule has 0 aromatic heterocycles. The minimum absolute atomic E-state index is 0.108. The van der Waals surface area contributed by atoms with E-state index in [4.69, 9.17) is 18.9 Å². The lowest BCUT2D eigenvalue weighted by Gasteiger charge is -2.50. The summed E-state index contributed by atoms with van der Waals surface area (Å²) in [4.78, 5) is 0. The fourth-order valence-electron chi connectivity index (χ4n) is 7.59. The topological polar surface area (TPSA) is 199 Å². The Morgan fingerprint density at radius 1 is 0.718 bits per heavy atom. The van der Waals surface area contributed by atoms with Crippen LogP contribution in [-0.2, 0) is 18.9 Å². The van der Waals surface area contributed by atoms with Crippen LogP contribution < -0.4 is 0 Å². The molecule has 0 bridgehead atoms. The maximum atomic E-state index is 10.5. The van der Waals surface area contributed by atoms with Gasteiger partial charge >= 0.3 is 0 Å². The summed E-state index contributed by atoms with van der Waals surface area (Å²) < 4.78 is 23.1. The summed E-state index contributed by atoms with van der Waals surface area (Å²) >= 11 is 0. The highest BCUT2D eigenvalue weighted by atomic mass is 16.7. The van der Waals surface area contributed by atoms with Gasteiger partial charge in [0.2, 0.25) is 0 Å². The summed E-state index contributed by atoms with van der Waals surface area (Å²) in [5.41, 5.74) is -0.108. The molecule has 228 valence electrons. The maximum Gasteiger partial charge on any atom is 0.186 e. The van der Waals surface area contributed by atoms with Crippen molar-refractivity contribution in [2.24, 2.45) is 35.0 Å². The fourth-order valence-corrected chi connectivity index (χ4v) is 7.59. The smallest absolute Gasteiger partial charge is 0.186 e. The van der Waals surface area contributed by atoms with Gasteiger partial charge in [0.15, 0.2) is 12.6 Å². The molecule has 4 rings (SSSR count). The Labute approximate surface area is 229 Å². The summed E-state index contributed by atoms with van der Waals surface area (Å²) in [6.07, 6.45) is -9.40. The second kappa shape index (κ2) is 12.8. The molecule has 0 aromatic carbocycles. The molecule has 2 heterocycles. The highest BCUT2D eigenvalue weighted by Gasteiger charge is 2.55. The van der Waals surface area contributed by atoms with Gasteiger partial charge < -0.3 is 59.8 Å². The van der Waals surface area contributed by atoms with Crippen LogP contribution >= 0.6 is 0 Å². The first-order valence-corrected chi connectivity index (χ1v) is 14.3. The van der Waals surface area contributed by atoms with Crippen LogP contribution in [0.1, 0.15) is 46.5 Å². The largest absolute Gasteiger partial charge is 0.394 e. The predicted molar refractivity (Wildman–Crippen MR) is 135 cm³/mol. The Bertz CT molecular complexity index is 782. The first-order chi connectivity index (χ1) is 18.4. The van der Waals surface area contributed by atoms with Crippen molar-refractivity contribution in [2.45, 2.75) is 108 Å². The summed E-state index contributed by atoms with van der Waals surface area (Å²) in [7, 11) is 0. The van der Waals surface area contributed by atoms with Gasteiger partial charge in [-0.1, -0.05) is 20.8 Å². The van der Waals surface area contributed by atoms with Gasteiger partial charge in [-0.15, -0.1) is 0 Å². The molecule has 15 atom stereocenters. The molecule has 0 unspecified atom stereocenters. The molecule has 4 fully saturated rings. The Morgan fingerprint density at radius 2 is 1.23 bits per heavy atom. The maximum absolute atomic E-state index is 10.5. The molecule has 0 radical (unpaired) electrons. The van der Waals surface area contributed by atoms with Gasteiger partial charge in [0, 0.05) is 0 Å². The molecule has 2 saturated carbocycles. The van der Waals surface area contributed by atoms with Crippen LogP contribution in [0.4, 0.5) is 0 Å². The van der Waals surface area contributed by atoms with Crippen molar-refractivity contribution >= 4 is 0 Å². The van der Waals surface area contributed by atoms with Gasteiger partial charge in [0.1, 0.15) is 48.8 Å². The number of hydrogen-bond acceptors (Lipinski definition) is 12. The number of ether oxygens (including phenoxy) is 4. The van der Waals surface area contributed by atoms with E-state index in [1.165, 1.54) is 0 Å². The third kappa shape index (κ3) is 6.04. The highest BCUT2D eigenvalue weighted by molar-refractivity contribution is 5.03. The van der Waals surface area contributed by atoms with Gasteiger partial charge in [0.05, 0.1) is 26.4 Å². The van der Waals surface area contributed by atoms with E-state index in [0.717, 1.165) is 25.7 Å². The lowest BCUT2D eigenvalue weighted by Crippen LogP contribution is -2.59. The quantitative estimate of drug-likeness (QED) is 0.159. The molecule has 12 heteroatoms. The molecule has 2 aliphatic heterocycles. The Morgan fingerprint density at radius 3 is 1.72 bits per heavy atom.